The lowest BCUT2D eigenvalue weighted by atomic mass is 10.2. The smallest absolute Gasteiger partial charge is 0.247 e. The Bertz CT molecular complexity index is 737. The van der Waals surface area contributed by atoms with Crippen LogP contribution in [0.3, 0.4) is 0 Å². The van der Waals surface area contributed by atoms with Crippen molar-refractivity contribution in [1.82, 2.24) is 20.1 Å². The summed E-state index contributed by atoms with van der Waals surface area (Å²) >= 11 is 0. The predicted octanol–water partition coefficient (Wildman–Crippen LogP) is 1.49. The van der Waals surface area contributed by atoms with Crippen molar-refractivity contribution in [3.05, 3.63) is 30.5 Å². The Morgan fingerprint density at radius 3 is 2.35 bits per heavy atom. The van der Waals surface area contributed by atoms with Crippen LogP contribution in [0.25, 0.3) is 0 Å². The van der Waals surface area contributed by atoms with Gasteiger partial charge in [-0.25, -0.2) is 0 Å². The Morgan fingerprint density at radius 1 is 0.923 bits per heavy atom. The Kier molecular flexibility index (Phi) is 4.81. The van der Waals surface area contributed by atoms with E-state index < -0.39 is 0 Å². The summed E-state index contributed by atoms with van der Waals surface area (Å²) in [7, 11) is 0. The number of anilines is 4. The number of amides is 1. The van der Waals surface area contributed by atoms with E-state index in [2.05, 4.69) is 54.6 Å². The van der Waals surface area contributed by atoms with Crippen LogP contribution in [-0.2, 0) is 4.79 Å². The van der Waals surface area contributed by atoms with Crippen LogP contribution < -0.4 is 15.1 Å². The van der Waals surface area contributed by atoms with Gasteiger partial charge in [-0.15, -0.1) is 5.10 Å². The number of rotatable bonds is 5. The minimum Gasteiger partial charge on any atom is -0.372 e. The first-order chi connectivity index (χ1) is 12.8. The largest absolute Gasteiger partial charge is 0.372 e. The number of carbonyl (C=O) groups excluding carboxylic acids is 1. The molecular weight excluding hydrogens is 330 g/mol. The van der Waals surface area contributed by atoms with E-state index in [-0.39, 0.29) is 0 Å². The monoisotopic (exact) mass is 353 g/mol. The van der Waals surface area contributed by atoms with Crippen molar-refractivity contribution in [3.8, 4) is 0 Å². The molecular formula is C18H23N7O. The van der Waals surface area contributed by atoms with E-state index in [1.165, 1.54) is 18.5 Å². The molecule has 1 amide bonds. The van der Waals surface area contributed by atoms with Crippen molar-refractivity contribution in [2.75, 3.05) is 54.4 Å². The molecule has 0 radical (unpaired) electrons. The molecule has 2 aliphatic heterocycles. The van der Waals surface area contributed by atoms with Crippen molar-refractivity contribution in [2.24, 2.45) is 0 Å². The number of carbonyl (C=O) groups is 1. The molecule has 2 aromatic rings. The summed E-state index contributed by atoms with van der Waals surface area (Å²) in [5.74, 6) is 1.26. The van der Waals surface area contributed by atoms with E-state index in [0.717, 1.165) is 25.2 Å². The summed E-state index contributed by atoms with van der Waals surface area (Å²) in [4.78, 5) is 21.6. The third-order valence-corrected chi connectivity index (χ3v) is 4.90. The maximum Gasteiger partial charge on any atom is 0.247 e. The van der Waals surface area contributed by atoms with Gasteiger partial charge in [-0.2, -0.15) is 10.1 Å². The van der Waals surface area contributed by atoms with Gasteiger partial charge in [-0.3, -0.25) is 4.79 Å². The van der Waals surface area contributed by atoms with Crippen LogP contribution in [-0.4, -0.2) is 65.8 Å². The summed E-state index contributed by atoms with van der Waals surface area (Å²) in [6, 6.07) is 8.42. The van der Waals surface area contributed by atoms with Crippen LogP contribution >= 0.6 is 0 Å². The second-order valence-corrected chi connectivity index (χ2v) is 6.64. The normalized spacial score (nSPS) is 17.5. The van der Waals surface area contributed by atoms with E-state index in [9.17, 15) is 4.79 Å². The maximum atomic E-state index is 10.8. The third-order valence-electron chi connectivity index (χ3n) is 4.90. The zero-order chi connectivity index (χ0) is 17.8. The Labute approximate surface area is 152 Å². The zero-order valence-electron chi connectivity index (χ0n) is 14.7. The second-order valence-electron chi connectivity index (χ2n) is 6.64. The topological polar surface area (TPSA) is 77.5 Å². The van der Waals surface area contributed by atoms with Gasteiger partial charge in [0.15, 0.2) is 5.82 Å². The molecule has 4 rings (SSSR count). The highest BCUT2D eigenvalue weighted by molar-refractivity contribution is 5.61. The molecule has 136 valence electrons. The van der Waals surface area contributed by atoms with Gasteiger partial charge >= 0.3 is 0 Å². The van der Waals surface area contributed by atoms with Crippen LogP contribution in [0.15, 0.2) is 30.5 Å². The fraction of sp³-hybridized carbons (Fsp3) is 0.444. The van der Waals surface area contributed by atoms with Crippen LogP contribution in [0.5, 0.6) is 0 Å². The lowest BCUT2D eigenvalue weighted by Gasteiger charge is -2.32. The average Bonchev–Trinajstić information content (AvgIpc) is 3.24. The second kappa shape index (κ2) is 7.55. The van der Waals surface area contributed by atoms with Gasteiger partial charge in [0.2, 0.25) is 12.4 Å². The van der Waals surface area contributed by atoms with Gasteiger partial charge in [0.05, 0.1) is 6.20 Å². The minimum absolute atomic E-state index is 0.592. The molecule has 1 aromatic carbocycles. The zero-order valence-corrected chi connectivity index (χ0v) is 14.7. The van der Waals surface area contributed by atoms with Gasteiger partial charge in [-0.05, 0) is 37.1 Å². The summed E-state index contributed by atoms with van der Waals surface area (Å²) in [5.41, 5.74) is 2.24. The van der Waals surface area contributed by atoms with E-state index in [1.807, 2.05) is 0 Å². The molecule has 26 heavy (non-hydrogen) atoms. The van der Waals surface area contributed by atoms with E-state index in [4.69, 9.17) is 0 Å². The summed E-state index contributed by atoms with van der Waals surface area (Å²) in [6.45, 7) is 5.08. The number of nitrogens with one attached hydrogen (secondary N) is 1. The summed E-state index contributed by atoms with van der Waals surface area (Å²) < 4.78 is 0. The molecule has 8 heteroatoms. The quantitative estimate of drug-likeness (QED) is 0.816. The molecule has 2 fully saturated rings. The minimum atomic E-state index is 0.592. The number of piperazine rings is 1. The Morgan fingerprint density at radius 2 is 1.65 bits per heavy atom. The lowest BCUT2D eigenvalue weighted by Crippen LogP contribution is -2.46. The lowest BCUT2D eigenvalue weighted by molar-refractivity contribution is -0.118. The molecule has 0 spiro atoms. The first-order valence-electron chi connectivity index (χ1n) is 9.08. The van der Waals surface area contributed by atoms with Crippen LogP contribution in [0, 0.1) is 0 Å². The van der Waals surface area contributed by atoms with E-state index >= 15 is 0 Å². The standard InChI is InChI=1S/C18H23N7O/c26-14-23-9-11-25(12-10-23)18-21-17(13-19-22-18)20-15-3-5-16(6-4-15)24-7-1-2-8-24/h3-6,13-14H,1-2,7-12H2,(H,20,21,22). The van der Waals surface area contributed by atoms with Crippen LogP contribution in [0.1, 0.15) is 12.8 Å². The van der Waals surface area contributed by atoms with Gasteiger partial charge in [0.1, 0.15) is 0 Å². The molecule has 0 atom stereocenters. The van der Waals surface area contributed by atoms with Crippen molar-refractivity contribution in [3.63, 3.8) is 0 Å². The molecule has 2 saturated heterocycles. The molecule has 3 heterocycles. The molecule has 0 bridgehead atoms. The molecule has 2 aliphatic rings. The first-order valence-corrected chi connectivity index (χ1v) is 9.08. The third kappa shape index (κ3) is 3.68. The summed E-state index contributed by atoms with van der Waals surface area (Å²) in [5, 5.41) is 11.5. The molecule has 0 saturated carbocycles. The number of aromatic nitrogens is 3. The van der Waals surface area contributed by atoms with Gasteiger partial charge in [0.25, 0.3) is 0 Å². The van der Waals surface area contributed by atoms with Crippen molar-refractivity contribution in [2.45, 2.75) is 12.8 Å². The maximum absolute atomic E-state index is 10.8. The van der Waals surface area contributed by atoms with Crippen LogP contribution in [0.4, 0.5) is 23.1 Å². The number of hydrogen-bond acceptors (Lipinski definition) is 7. The highest BCUT2D eigenvalue weighted by atomic mass is 16.1. The average molecular weight is 353 g/mol. The van der Waals surface area contributed by atoms with Gasteiger partial charge in [-0.1, -0.05) is 0 Å². The Balaban J connectivity index is 1.41. The first kappa shape index (κ1) is 16.6. The predicted molar refractivity (Wildman–Crippen MR) is 101 cm³/mol. The van der Waals surface area contributed by atoms with Gasteiger partial charge in [0, 0.05) is 50.6 Å². The van der Waals surface area contributed by atoms with E-state index in [1.54, 1.807) is 11.1 Å². The molecule has 1 aromatic heterocycles. The van der Waals surface area contributed by atoms with Crippen molar-refractivity contribution in [1.29, 1.82) is 0 Å². The number of nitrogens with zero attached hydrogens (tertiary/aromatic N) is 6. The fourth-order valence-corrected chi connectivity index (χ4v) is 3.39. The molecule has 0 aliphatic carbocycles. The number of hydrogen-bond donors (Lipinski definition) is 1. The van der Waals surface area contributed by atoms with Gasteiger partial charge < -0.3 is 20.0 Å². The summed E-state index contributed by atoms with van der Waals surface area (Å²) in [6.07, 6.45) is 5.06. The molecule has 1 N–H and O–H groups in total. The van der Waals surface area contributed by atoms with Crippen LogP contribution in [0.2, 0.25) is 0 Å². The Hall–Kier alpha value is -2.90. The molecule has 8 nitrogen and oxygen atoms in total. The highest BCUT2D eigenvalue weighted by Crippen LogP contribution is 2.23. The van der Waals surface area contributed by atoms with Crippen molar-refractivity contribution < 1.29 is 4.79 Å². The van der Waals surface area contributed by atoms with E-state index in [0.29, 0.717) is 37.9 Å². The fourth-order valence-electron chi connectivity index (χ4n) is 3.39. The molecule has 0 unspecified atom stereocenters. The SMILES string of the molecule is O=CN1CCN(c2nncc(Nc3ccc(N4CCCC4)cc3)n2)CC1. The highest BCUT2D eigenvalue weighted by Gasteiger charge is 2.18. The number of benzene rings is 1. The van der Waals surface area contributed by atoms with Crippen molar-refractivity contribution >= 4 is 29.6 Å².